The third-order valence-electron chi connectivity index (χ3n) is 3.72. The first-order chi connectivity index (χ1) is 11.3. The maximum atomic E-state index is 12.2. The molecule has 1 atom stereocenters. The monoisotopic (exact) mass is 338 g/mol. The molecule has 0 saturated carbocycles. The maximum absolute atomic E-state index is 12.2. The van der Waals surface area contributed by atoms with Crippen molar-refractivity contribution in [3.63, 3.8) is 0 Å². The van der Waals surface area contributed by atoms with Crippen LogP contribution in [0.25, 0.3) is 0 Å². The molecule has 0 aromatic heterocycles. The molecule has 1 unspecified atom stereocenters. The van der Waals surface area contributed by atoms with Gasteiger partial charge in [-0.15, -0.1) is 11.8 Å². The molecule has 0 spiro atoms. The van der Waals surface area contributed by atoms with Gasteiger partial charge in [-0.1, -0.05) is 48.5 Å². The van der Waals surface area contributed by atoms with Gasteiger partial charge in [0.15, 0.2) is 0 Å². The first-order valence-corrected chi connectivity index (χ1v) is 9.75. The Bertz CT molecular complexity index is 366. The summed E-state index contributed by atoms with van der Waals surface area (Å²) in [4.78, 5) is 14.1. The van der Waals surface area contributed by atoms with Gasteiger partial charge >= 0.3 is 0 Å². The van der Waals surface area contributed by atoms with E-state index in [4.69, 9.17) is 0 Å². The minimum Gasteiger partial charge on any atom is -0.342 e. The summed E-state index contributed by atoms with van der Waals surface area (Å²) in [6.07, 6.45) is 3.11. The molecule has 3 heteroatoms. The Morgan fingerprint density at radius 3 is 2.08 bits per heavy atom. The van der Waals surface area contributed by atoms with Gasteiger partial charge in [-0.2, -0.15) is 0 Å². The average molecular weight is 339 g/mol. The summed E-state index contributed by atoms with van der Waals surface area (Å²) in [7, 11) is 0. The number of carbonyl (C=O) groups is 1. The van der Waals surface area contributed by atoms with E-state index in [1.54, 1.807) is 0 Å². The van der Waals surface area contributed by atoms with E-state index in [2.05, 4.69) is 44.9 Å². The molecule has 0 aromatic carbocycles. The summed E-state index contributed by atoms with van der Waals surface area (Å²) >= 11 is 0. The predicted octanol–water partition coefficient (Wildman–Crippen LogP) is 4.72. The minimum absolute atomic E-state index is 0.230. The Kier molecular flexibility index (Phi) is 15.1. The van der Waals surface area contributed by atoms with Crippen LogP contribution < -0.4 is 5.32 Å². The molecule has 1 N–H and O–H groups in total. The molecule has 142 valence electrons. The lowest BCUT2D eigenvalue weighted by Gasteiger charge is -2.31. The van der Waals surface area contributed by atoms with Crippen molar-refractivity contribution in [3.05, 3.63) is 0 Å². The molecule has 0 bridgehead atoms. The molecule has 1 saturated heterocycles. The molecule has 0 radical (unpaired) electrons. The Morgan fingerprint density at radius 2 is 1.67 bits per heavy atom. The van der Waals surface area contributed by atoms with E-state index in [1.807, 2.05) is 39.5 Å². The normalized spacial score (nSPS) is 15.8. The van der Waals surface area contributed by atoms with Crippen LogP contribution in [0.1, 0.15) is 81.6 Å². The number of carbonyl (C=O) groups excluding carboxylic acids is 1. The number of likely N-dealkylation sites (tertiary alicyclic amines) is 1. The van der Waals surface area contributed by atoms with Crippen molar-refractivity contribution in [1.29, 1.82) is 0 Å². The van der Waals surface area contributed by atoms with Crippen molar-refractivity contribution in [2.75, 3.05) is 19.6 Å². The van der Waals surface area contributed by atoms with Gasteiger partial charge in [0.2, 0.25) is 5.91 Å². The third-order valence-corrected chi connectivity index (χ3v) is 3.72. The molecule has 0 aromatic rings. The van der Waals surface area contributed by atoms with Gasteiger partial charge in [0.1, 0.15) is 0 Å². The molecule has 1 aliphatic heterocycles. The Balaban J connectivity index is 0. The summed E-state index contributed by atoms with van der Waals surface area (Å²) in [5.41, 5.74) is 0.298. The molecular weight excluding hydrogens is 296 g/mol. The van der Waals surface area contributed by atoms with Gasteiger partial charge in [-0.3, -0.25) is 4.79 Å². The van der Waals surface area contributed by atoms with Crippen LogP contribution in [0.3, 0.4) is 0 Å². The van der Waals surface area contributed by atoms with Crippen molar-refractivity contribution >= 4 is 5.91 Å². The summed E-state index contributed by atoms with van der Waals surface area (Å²) in [6, 6.07) is 0.377. The first kappa shape index (κ1) is 25.2. The SMILES string of the molecule is CC.CC.CC#CC1CCN(C(=O)CNC(C)CC(C)(C)C)CC1. The number of amides is 1. The smallest absolute Gasteiger partial charge is 0.236 e. The minimum atomic E-state index is 0.230. The van der Waals surface area contributed by atoms with Gasteiger partial charge in [-0.05, 0) is 38.5 Å². The Labute approximate surface area is 152 Å². The fraction of sp³-hybridized carbons (Fsp3) is 0.857. The zero-order chi connectivity index (χ0) is 19.2. The van der Waals surface area contributed by atoms with Gasteiger partial charge in [0.05, 0.1) is 6.54 Å². The highest BCUT2D eigenvalue weighted by atomic mass is 16.2. The molecule has 1 heterocycles. The second-order valence-electron chi connectivity index (χ2n) is 7.10. The van der Waals surface area contributed by atoms with E-state index in [0.29, 0.717) is 23.9 Å². The number of nitrogens with zero attached hydrogens (tertiary/aromatic N) is 1. The highest BCUT2D eigenvalue weighted by Gasteiger charge is 2.22. The van der Waals surface area contributed by atoms with Crippen LogP contribution in [-0.4, -0.2) is 36.5 Å². The quantitative estimate of drug-likeness (QED) is 0.753. The zero-order valence-corrected chi connectivity index (χ0v) is 17.8. The van der Waals surface area contributed by atoms with Crippen LogP contribution in [0.4, 0.5) is 0 Å². The molecule has 1 amide bonds. The fourth-order valence-electron chi connectivity index (χ4n) is 2.84. The topological polar surface area (TPSA) is 32.3 Å². The van der Waals surface area contributed by atoms with Crippen LogP contribution in [0.15, 0.2) is 0 Å². The molecule has 0 aliphatic carbocycles. The van der Waals surface area contributed by atoms with Crippen LogP contribution in [0, 0.1) is 23.2 Å². The van der Waals surface area contributed by atoms with E-state index >= 15 is 0 Å². The lowest BCUT2D eigenvalue weighted by molar-refractivity contribution is -0.131. The molecule has 3 nitrogen and oxygen atoms in total. The number of hydrogen-bond acceptors (Lipinski definition) is 2. The van der Waals surface area contributed by atoms with Gasteiger partial charge in [0.25, 0.3) is 0 Å². The number of hydrogen-bond donors (Lipinski definition) is 1. The highest BCUT2D eigenvalue weighted by Crippen LogP contribution is 2.20. The van der Waals surface area contributed by atoms with Gasteiger partial charge in [-0.25, -0.2) is 0 Å². The summed E-state index contributed by atoms with van der Waals surface area (Å²) in [5.74, 6) is 6.91. The highest BCUT2D eigenvalue weighted by molar-refractivity contribution is 5.78. The van der Waals surface area contributed by atoms with Crippen LogP contribution in [-0.2, 0) is 4.79 Å². The van der Waals surface area contributed by atoms with Crippen molar-refractivity contribution in [3.8, 4) is 11.8 Å². The lowest BCUT2D eigenvalue weighted by Crippen LogP contribution is -2.44. The summed E-state index contributed by atoms with van der Waals surface area (Å²) < 4.78 is 0. The second-order valence-corrected chi connectivity index (χ2v) is 7.10. The van der Waals surface area contributed by atoms with E-state index in [0.717, 1.165) is 32.4 Å². The van der Waals surface area contributed by atoms with Gasteiger partial charge in [0, 0.05) is 25.0 Å². The molecule has 24 heavy (non-hydrogen) atoms. The third kappa shape index (κ3) is 12.4. The van der Waals surface area contributed by atoms with E-state index in [-0.39, 0.29) is 5.91 Å². The molecule has 1 fully saturated rings. The number of nitrogens with one attached hydrogen (secondary N) is 1. The summed E-state index contributed by atoms with van der Waals surface area (Å²) in [5, 5.41) is 3.35. The second kappa shape index (κ2) is 14.3. The zero-order valence-electron chi connectivity index (χ0n) is 17.8. The first-order valence-electron chi connectivity index (χ1n) is 9.75. The van der Waals surface area contributed by atoms with E-state index in [9.17, 15) is 4.79 Å². The molecule has 1 rings (SSSR count). The van der Waals surface area contributed by atoms with Crippen LogP contribution >= 0.6 is 0 Å². The number of piperidine rings is 1. The predicted molar refractivity (Wildman–Crippen MR) is 107 cm³/mol. The van der Waals surface area contributed by atoms with Crippen molar-refractivity contribution < 1.29 is 4.79 Å². The average Bonchev–Trinajstić information content (AvgIpc) is 2.56. The molecular formula is C21H42N2O. The van der Waals surface area contributed by atoms with Crippen molar-refractivity contribution in [2.45, 2.75) is 87.6 Å². The molecule has 1 aliphatic rings. The Morgan fingerprint density at radius 1 is 1.17 bits per heavy atom. The number of rotatable bonds is 4. The fourth-order valence-corrected chi connectivity index (χ4v) is 2.84. The van der Waals surface area contributed by atoms with Crippen LogP contribution in [0.2, 0.25) is 0 Å². The summed E-state index contributed by atoms with van der Waals surface area (Å²) in [6.45, 7) is 20.9. The lowest BCUT2D eigenvalue weighted by atomic mass is 9.89. The van der Waals surface area contributed by atoms with Crippen molar-refractivity contribution in [1.82, 2.24) is 10.2 Å². The standard InChI is InChI=1S/C17H30N2O.2C2H6/c1-6-7-15-8-10-19(11-9-15)16(20)13-18-14(2)12-17(3,4)5;2*1-2/h14-15,18H,8-13H2,1-5H3;2*1-2H3. The largest absolute Gasteiger partial charge is 0.342 e. The van der Waals surface area contributed by atoms with Gasteiger partial charge < -0.3 is 10.2 Å². The Hall–Kier alpha value is -1.01. The maximum Gasteiger partial charge on any atom is 0.236 e. The van der Waals surface area contributed by atoms with E-state index < -0.39 is 0 Å². The van der Waals surface area contributed by atoms with Crippen LogP contribution in [0.5, 0.6) is 0 Å². The van der Waals surface area contributed by atoms with E-state index in [1.165, 1.54) is 0 Å². The van der Waals surface area contributed by atoms with Crippen molar-refractivity contribution in [2.24, 2.45) is 11.3 Å².